The summed E-state index contributed by atoms with van der Waals surface area (Å²) in [6.07, 6.45) is 3.61. The number of ether oxygens (including phenoxy) is 3. The monoisotopic (exact) mass is 425 g/mol. The molecule has 1 saturated heterocycles. The molecule has 1 aliphatic rings. The van der Waals surface area contributed by atoms with Crippen LogP contribution in [0.25, 0.3) is 0 Å². The molecule has 1 heterocycles. The summed E-state index contributed by atoms with van der Waals surface area (Å²) >= 11 is 0. The van der Waals surface area contributed by atoms with Crippen LogP contribution >= 0.6 is 0 Å². The number of benzene rings is 2. The molecule has 1 aliphatic heterocycles. The van der Waals surface area contributed by atoms with Crippen LogP contribution in [0.3, 0.4) is 0 Å². The molecular formula is C27H39NO3. The Morgan fingerprint density at radius 3 is 2.48 bits per heavy atom. The SMILES string of the molecule is COc1ccccc1[C@]1(CCNCc2ccc(OC(C)C)cc2)CCO[C@H](C(C)C)C1. The molecule has 3 rings (SSSR count). The van der Waals surface area contributed by atoms with Crippen molar-refractivity contribution in [1.29, 1.82) is 0 Å². The van der Waals surface area contributed by atoms with Gasteiger partial charge in [-0.2, -0.15) is 0 Å². The van der Waals surface area contributed by atoms with E-state index >= 15 is 0 Å². The summed E-state index contributed by atoms with van der Waals surface area (Å²) in [5.41, 5.74) is 2.67. The molecular weight excluding hydrogens is 386 g/mol. The minimum atomic E-state index is 0.0712. The van der Waals surface area contributed by atoms with Gasteiger partial charge in [0, 0.05) is 24.1 Å². The van der Waals surface area contributed by atoms with E-state index in [4.69, 9.17) is 14.2 Å². The Balaban J connectivity index is 1.67. The molecule has 0 bridgehead atoms. The normalized spacial score (nSPS) is 21.5. The van der Waals surface area contributed by atoms with Gasteiger partial charge in [-0.15, -0.1) is 0 Å². The summed E-state index contributed by atoms with van der Waals surface area (Å²) in [7, 11) is 1.77. The lowest BCUT2D eigenvalue weighted by atomic mass is 9.68. The summed E-state index contributed by atoms with van der Waals surface area (Å²) < 4.78 is 17.6. The van der Waals surface area contributed by atoms with Crippen LogP contribution in [0.5, 0.6) is 11.5 Å². The van der Waals surface area contributed by atoms with Gasteiger partial charge in [0.15, 0.2) is 0 Å². The van der Waals surface area contributed by atoms with Gasteiger partial charge in [0.1, 0.15) is 11.5 Å². The molecule has 0 spiro atoms. The summed E-state index contributed by atoms with van der Waals surface area (Å²) in [6, 6.07) is 16.9. The lowest BCUT2D eigenvalue weighted by molar-refractivity contribution is -0.0473. The van der Waals surface area contributed by atoms with Gasteiger partial charge in [0.2, 0.25) is 0 Å². The summed E-state index contributed by atoms with van der Waals surface area (Å²) in [6.45, 7) is 11.2. The first-order chi connectivity index (χ1) is 14.9. The Morgan fingerprint density at radius 2 is 1.81 bits per heavy atom. The van der Waals surface area contributed by atoms with Crippen molar-refractivity contribution in [2.24, 2.45) is 5.92 Å². The fourth-order valence-corrected chi connectivity index (χ4v) is 4.59. The Kier molecular flexibility index (Phi) is 8.39. The van der Waals surface area contributed by atoms with Crippen molar-refractivity contribution in [3.8, 4) is 11.5 Å². The maximum Gasteiger partial charge on any atom is 0.122 e. The highest BCUT2D eigenvalue weighted by molar-refractivity contribution is 5.40. The third-order valence-electron chi connectivity index (χ3n) is 6.33. The van der Waals surface area contributed by atoms with Gasteiger partial charge in [-0.25, -0.2) is 0 Å². The highest BCUT2D eigenvalue weighted by atomic mass is 16.5. The molecule has 170 valence electrons. The maximum absolute atomic E-state index is 6.13. The highest BCUT2D eigenvalue weighted by Crippen LogP contribution is 2.45. The Bertz CT molecular complexity index is 802. The van der Waals surface area contributed by atoms with Crippen LogP contribution in [0.4, 0.5) is 0 Å². The highest BCUT2D eigenvalue weighted by Gasteiger charge is 2.40. The fraction of sp³-hybridized carbons (Fsp3) is 0.556. The lowest BCUT2D eigenvalue weighted by Gasteiger charge is -2.43. The number of nitrogens with one attached hydrogen (secondary N) is 1. The van der Waals surface area contributed by atoms with Crippen LogP contribution < -0.4 is 14.8 Å². The summed E-state index contributed by atoms with van der Waals surface area (Å²) in [4.78, 5) is 0. The van der Waals surface area contributed by atoms with Crippen LogP contribution in [0.2, 0.25) is 0 Å². The topological polar surface area (TPSA) is 39.7 Å². The molecule has 1 N–H and O–H groups in total. The smallest absolute Gasteiger partial charge is 0.122 e. The number of methoxy groups -OCH3 is 1. The van der Waals surface area contributed by atoms with E-state index in [0.717, 1.165) is 50.5 Å². The second-order valence-corrected chi connectivity index (χ2v) is 9.33. The molecule has 0 amide bonds. The maximum atomic E-state index is 6.13. The molecule has 0 aliphatic carbocycles. The van der Waals surface area contributed by atoms with E-state index in [2.05, 4.69) is 67.7 Å². The van der Waals surface area contributed by atoms with Crippen molar-refractivity contribution in [3.05, 3.63) is 59.7 Å². The molecule has 4 nitrogen and oxygen atoms in total. The average molecular weight is 426 g/mol. The Hall–Kier alpha value is -2.04. The van der Waals surface area contributed by atoms with Crippen LogP contribution in [-0.2, 0) is 16.7 Å². The number of hydrogen-bond acceptors (Lipinski definition) is 4. The minimum absolute atomic E-state index is 0.0712. The molecule has 0 aromatic heterocycles. The lowest BCUT2D eigenvalue weighted by Crippen LogP contribution is -2.42. The van der Waals surface area contributed by atoms with Crippen LogP contribution in [0.15, 0.2) is 48.5 Å². The largest absolute Gasteiger partial charge is 0.496 e. The Morgan fingerprint density at radius 1 is 1.06 bits per heavy atom. The first kappa shape index (κ1) is 23.6. The quantitative estimate of drug-likeness (QED) is 0.493. The molecule has 1 fully saturated rings. The van der Waals surface area contributed by atoms with Crippen molar-refractivity contribution >= 4 is 0 Å². The third-order valence-corrected chi connectivity index (χ3v) is 6.33. The van der Waals surface area contributed by atoms with Gasteiger partial charge in [0.25, 0.3) is 0 Å². The van der Waals surface area contributed by atoms with Gasteiger partial charge >= 0.3 is 0 Å². The molecule has 2 aromatic rings. The number of para-hydroxylation sites is 1. The zero-order valence-corrected chi connectivity index (χ0v) is 19.8. The van der Waals surface area contributed by atoms with Gasteiger partial charge in [-0.1, -0.05) is 44.2 Å². The van der Waals surface area contributed by atoms with Crippen LogP contribution in [0, 0.1) is 5.92 Å². The molecule has 4 heteroatoms. The molecule has 0 unspecified atom stereocenters. The fourth-order valence-electron chi connectivity index (χ4n) is 4.59. The standard InChI is InChI=1S/C27H39NO3/c1-20(2)26-18-27(15-17-30-26,24-8-6-7-9-25(24)29-5)14-16-28-19-22-10-12-23(13-11-22)31-21(3)4/h6-13,20-21,26,28H,14-19H2,1-5H3/t26-,27+/m0/s1. The predicted molar refractivity (Wildman–Crippen MR) is 127 cm³/mol. The molecule has 2 aromatic carbocycles. The zero-order chi connectivity index (χ0) is 22.3. The van der Waals surface area contributed by atoms with E-state index in [1.807, 2.05) is 13.8 Å². The van der Waals surface area contributed by atoms with Crippen LogP contribution in [-0.4, -0.2) is 32.5 Å². The summed E-state index contributed by atoms with van der Waals surface area (Å²) in [5.74, 6) is 2.43. The predicted octanol–water partition coefficient (Wildman–Crippen LogP) is 5.74. The summed E-state index contributed by atoms with van der Waals surface area (Å²) in [5, 5.41) is 3.66. The van der Waals surface area contributed by atoms with E-state index < -0.39 is 0 Å². The number of rotatable bonds is 10. The zero-order valence-electron chi connectivity index (χ0n) is 19.8. The average Bonchev–Trinajstić information content (AvgIpc) is 2.77. The first-order valence-corrected chi connectivity index (χ1v) is 11.6. The van der Waals surface area contributed by atoms with E-state index in [1.165, 1.54) is 11.1 Å². The van der Waals surface area contributed by atoms with Gasteiger partial charge < -0.3 is 19.5 Å². The van der Waals surface area contributed by atoms with Crippen molar-refractivity contribution in [1.82, 2.24) is 5.32 Å². The second kappa shape index (κ2) is 11.0. The van der Waals surface area contributed by atoms with E-state index in [9.17, 15) is 0 Å². The van der Waals surface area contributed by atoms with Crippen molar-refractivity contribution in [2.75, 3.05) is 20.3 Å². The second-order valence-electron chi connectivity index (χ2n) is 9.33. The van der Waals surface area contributed by atoms with Crippen LogP contribution in [0.1, 0.15) is 58.1 Å². The molecule has 2 atom stereocenters. The van der Waals surface area contributed by atoms with Crippen molar-refractivity contribution < 1.29 is 14.2 Å². The molecule has 0 radical (unpaired) electrons. The van der Waals surface area contributed by atoms with Crippen molar-refractivity contribution in [2.45, 2.75) is 71.1 Å². The van der Waals surface area contributed by atoms with Gasteiger partial charge in [-0.3, -0.25) is 0 Å². The van der Waals surface area contributed by atoms with E-state index in [1.54, 1.807) is 7.11 Å². The van der Waals surface area contributed by atoms with Gasteiger partial charge in [-0.05, 0) is 69.3 Å². The molecule has 0 saturated carbocycles. The van der Waals surface area contributed by atoms with E-state index in [-0.39, 0.29) is 17.6 Å². The van der Waals surface area contributed by atoms with Crippen molar-refractivity contribution in [3.63, 3.8) is 0 Å². The Labute approximate surface area is 188 Å². The molecule has 31 heavy (non-hydrogen) atoms. The van der Waals surface area contributed by atoms with Gasteiger partial charge in [0.05, 0.1) is 19.3 Å². The third kappa shape index (κ3) is 6.24. The first-order valence-electron chi connectivity index (χ1n) is 11.6. The van der Waals surface area contributed by atoms with E-state index in [0.29, 0.717) is 5.92 Å². The number of hydrogen-bond donors (Lipinski definition) is 1. The minimum Gasteiger partial charge on any atom is -0.496 e.